The third-order valence-electron chi connectivity index (χ3n) is 2.65. The molecule has 0 aliphatic carbocycles. The Kier molecular flexibility index (Phi) is 2.67. The molecule has 1 unspecified atom stereocenters. The van der Waals surface area contributed by atoms with Crippen LogP contribution in [0.3, 0.4) is 0 Å². The van der Waals surface area contributed by atoms with Gasteiger partial charge in [0.1, 0.15) is 6.04 Å². The molecule has 1 aromatic rings. The second kappa shape index (κ2) is 3.83. The molecule has 1 amide bonds. The van der Waals surface area contributed by atoms with Crippen LogP contribution in [0.2, 0.25) is 5.02 Å². The van der Waals surface area contributed by atoms with Gasteiger partial charge in [-0.2, -0.15) is 0 Å². The molecule has 2 rings (SSSR count). The van der Waals surface area contributed by atoms with Gasteiger partial charge in [0.25, 0.3) is 0 Å². The molecule has 1 heterocycles. The minimum Gasteiger partial charge on any atom is -0.312 e. The minimum atomic E-state index is -0.242. The average Bonchev–Trinajstić information content (AvgIpc) is 2.45. The zero-order chi connectivity index (χ0) is 11.0. The molecule has 1 aliphatic heterocycles. The van der Waals surface area contributed by atoms with Crippen molar-refractivity contribution in [1.29, 1.82) is 0 Å². The SMILES string of the molecule is CCNC1C(=O)N(C)c2c(Cl)cccc21. The molecule has 3 nitrogen and oxygen atoms in total. The number of carbonyl (C=O) groups excluding carboxylic acids is 1. The van der Waals surface area contributed by atoms with Crippen molar-refractivity contribution >= 4 is 23.2 Å². The largest absolute Gasteiger partial charge is 0.312 e. The summed E-state index contributed by atoms with van der Waals surface area (Å²) >= 11 is 6.07. The van der Waals surface area contributed by atoms with Gasteiger partial charge in [0.05, 0.1) is 10.7 Å². The lowest BCUT2D eigenvalue weighted by Gasteiger charge is -2.11. The smallest absolute Gasteiger partial charge is 0.248 e. The molecule has 0 bridgehead atoms. The number of para-hydroxylation sites is 1. The first kappa shape index (κ1) is 10.5. The highest BCUT2D eigenvalue weighted by Gasteiger charge is 2.35. The molecule has 1 atom stereocenters. The number of benzene rings is 1. The molecular weight excluding hydrogens is 212 g/mol. The molecule has 80 valence electrons. The lowest BCUT2D eigenvalue weighted by Crippen LogP contribution is -2.32. The summed E-state index contributed by atoms with van der Waals surface area (Å²) in [6, 6.07) is 5.38. The standard InChI is InChI=1S/C11H13ClN2O/c1-3-13-9-7-5-4-6-8(12)10(7)14(2)11(9)15/h4-6,9,13H,3H2,1-2H3. The van der Waals surface area contributed by atoms with Crippen molar-refractivity contribution in [2.24, 2.45) is 0 Å². The lowest BCUT2D eigenvalue weighted by atomic mass is 10.1. The van der Waals surface area contributed by atoms with Crippen LogP contribution >= 0.6 is 11.6 Å². The van der Waals surface area contributed by atoms with Gasteiger partial charge in [0.2, 0.25) is 5.91 Å². The number of nitrogens with one attached hydrogen (secondary N) is 1. The first-order chi connectivity index (χ1) is 7.16. The average molecular weight is 225 g/mol. The zero-order valence-corrected chi connectivity index (χ0v) is 9.51. The predicted octanol–water partition coefficient (Wildman–Crippen LogP) is 1.97. The van der Waals surface area contributed by atoms with Crippen LogP contribution in [0.4, 0.5) is 5.69 Å². The van der Waals surface area contributed by atoms with E-state index >= 15 is 0 Å². The lowest BCUT2D eigenvalue weighted by molar-refractivity contribution is -0.119. The molecule has 0 radical (unpaired) electrons. The summed E-state index contributed by atoms with van der Waals surface area (Å²) < 4.78 is 0. The highest BCUT2D eigenvalue weighted by atomic mass is 35.5. The Hall–Kier alpha value is -1.06. The van der Waals surface area contributed by atoms with Gasteiger partial charge in [0.15, 0.2) is 0 Å². The van der Waals surface area contributed by atoms with Crippen molar-refractivity contribution in [3.05, 3.63) is 28.8 Å². The highest BCUT2D eigenvalue weighted by Crippen LogP contribution is 2.39. The summed E-state index contributed by atoms with van der Waals surface area (Å²) in [5, 5.41) is 3.79. The van der Waals surface area contributed by atoms with Crippen LogP contribution in [0.1, 0.15) is 18.5 Å². The summed E-state index contributed by atoms with van der Waals surface area (Å²) in [5.41, 5.74) is 1.80. The quantitative estimate of drug-likeness (QED) is 0.833. The molecule has 1 aromatic carbocycles. The molecule has 0 spiro atoms. The van der Waals surface area contributed by atoms with Crippen molar-refractivity contribution in [2.45, 2.75) is 13.0 Å². The van der Waals surface area contributed by atoms with Gasteiger partial charge in [-0.05, 0) is 12.6 Å². The Labute approximate surface area is 94.0 Å². The van der Waals surface area contributed by atoms with E-state index < -0.39 is 0 Å². The van der Waals surface area contributed by atoms with Crippen molar-refractivity contribution in [3.63, 3.8) is 0 Å². The molecule has 1 aliphatic rings. The Morgan fingerprint density at radius 2 is 2.27 bits per heavy atom. The van der Waals surface area contributed by atoms with Crippen molar-refractivity contribution < 1.29 is 4.79 Å². The number of halogens is 1. The highest BCUT2D eigenvalue weighted by molar-refractivity contribution is 6.34. The second-order valence-corrected chi connectivity index (χ2v) is 3.97. The van der Waals surface area contributed by atoms with E-state index in [1.54, 1.807) is 18.0 Å². The molecule has 15 heavy (non-hydrogen) atoms. The first-order valence-electron chi connectivity index (χ1n) is 4.96. The number of likely N-dealkylation sites (N-methyl/N-ethyl adjacent to an activating group) is 2. The van der Waals surface area contributed by atoms with E-state index in [-0.39, 0.29) is 11.9 Å². The number of carbonyl (C=O) groups is 1. The molecule has 1 N–H and O–H groups in total. The summed E-state index contributed by atoms with van der Waals surface area (Å²) in [6.45, 7) is 2.74. The maximum Gasteiger partial charge on any atom is 0.248 e. The number of hydrogen-bond donors (Lipinski definition) is 1. The summed E-state index contributed by atoms with van der Waals surface area (Å²) in [5.74, 6) is 0.0555. The van der Waals surface area contributed by atoms with Crippen LogP contribution in [-0.4, -0.2) is 19.5 Å². The predicted molar refractivity (Wildman–Crippen MR) is 61.3 cm³/mol. The van der Waals surface area contributed by atoms with Crippen LogP contribution in [0.25, 0.3) is 0 Å². The molecule has 0 aromatic heterocycles. The van der Waals surface area contributed by atoms with Crippen molar-refractivity contribution in [2.75, 3.05) is 18.5 Å². The van der Waals surface area contributed by atoms with Gasteiger partial charge in [-0.15, -0.1) is 0 Å². The number of anilines is 1. The summed E-state index contributed by atoms with van der Waals surface area (Å²) in [6.07, 6.45) is 0. The Morgan fingerprint density at radius 3 is 2.93 bits per heavy atom. The van der Waals surface area contributed by atoms with Crippen molar-refractivity contribution in [3.8, 4) is 0 Å². The monoisotopic (exact) mass is 224 g/mol. The van der Waals surface area contributed by atoms with E-state index in [1.807, 2.05) is 19.1 Å². The third kappa shape index (κ3) is 1.52. The van der Waals surface area contributed by atoms with Gasteiger partial charge >= 0.3 is 0 Å². The molecular formula is C11H13ClN2O. The maximum atomic E-state index is 11.9. The van der Waals surface area contributed by atoms with E-state index in [0.29, 0.717) is 5.02 Å². The van der Waals surface area contributed by atoms with Crippen LogP contribution in [0.15, 0.2) is 18.2 Å². The van der Waals surface area contributed by atoms with E-state index in [4.69, 9.17) is 11.6 Å². The Morgan fingerprint density at radius 1 is 1.53 bits per heavy atom. The van der Waals surface area contributed by atoms with Gasteiger partial charge in [0, 0.05) is 12.6 Å². The van der Waals surface area contributed by atoms with Crippen LogP contribution in [0, 0.1) is 0 Å². The van der Waals surface area contributed by atoms with Gasteiger partial charge in [-0.3, -0.25) is 4.79 Å². The minimum absolute atomic E-state index is 0.0555. The number of rotatable bonds is 2. The Balaban J connectivity index is 2.50. The molecule has 0 saturated carbocycles. The summed E-state index contributed by atoms with van der Waals surface area (Å²) in [7, 11) is 1.75. The van der Waals surface area contributed by atoms with Crippen LogP contribution < -0.4 is 10.2 Å². The van der Waals surface area contributed by atoms with Crippen molar-refractivity contribution in [1.82, 2.24) is 5.32 Å². The fraction of sp³-hybridized carbons (Fsp3) is 0.364. The maximum absolute atomic E-state index is 11.9. The van der Waals surface area contributed by atoms with Crippen LogP contribution in [0.5, 0.6) is 0 Å². The fourth-order valence-corrected chi connectivity index (χ4v) is 2.27. The molecule has 0 fully saturated rings. The number of hydrogen-bond acceptors (Lipinski definition) is 2. The first-order valence-corrected chi connectivity index (χ1v) is 5.34. The topological polar surface area (TPSA) is 32.3 Å². The van der Waals surface area contributed by atoms with E-state index in [2.05, 4.69) is 5.32 Å². The van der Waals surface area contributed by atoms with E-state index in [9.17, 15) is 4.79 Å². The van der Waals surface area contributed by atoms with Crippen LogP contribution in [-0.2, 0) is 4.79 Å². The number of amides is 1. The Bertz CT molecular complexity index is 406. The zero-order valence-electron chi connectivity index (χ0n) is 8.75. The molecule has 0 saturated heterocycles. The van der Waals surface area contributed by atoms with Gasteiger partial charge < -0.3 is 10.2 Å². The van der Waals surface area contributed by atoms with E-state index in [1.165, 1.54) is 0 Å². The second-order valence-electron chi connectivity index (χ2n) is 3.57. The van der Waals surface area contributed by atoms with E-state index in [0.717, 1.165) is 17.8 Å². The van der Waals surface area contributed by atoms with Gasteiger partial charge in [-0.25, -0.2) is 0 Å². The number of fused-ring (bicyclic) bond motifs is 1. The normalized spacial score (nSPS) is 19.5. The summed E-state index contributed by atoms with van der Waals surface area (Å²) in [4.78, 5) is 13.5. The van der Waals surface area contributed by atoms with Gasteiger partial charge in [-0.1, -0.05) is 30.7 Å². The number of nitrogens with zero attached hydrogens (tertiary/aromatic N) is 1. The fourth-order valence-electron chi connectivity index (χ4n) is 1.96. The molecule has 4 heteroatoms. The third-order valence-corrected chi connectivity index (χ3v) is 2.96.